The molecule has 0 spiro atoms. The van der Waals surface area contributed by atoms with Crippen LogP contribution in [-0.2, 0) is 14.3 Å². The first-order valence-corrected chi connectivity index (χ1v) is 8.59. The SMILES string of the molecule is NC(=O)[C@H]1CCCN(C(=O)COC(=O)c2cc3ccccc3s2)C1. The highest BCUT2D eigenvalue weighted by Gasteiger charge is 2.27. The molecule has 1 saturated heterocycles. The molecule has 2 N–H and O–H groups in total. The van der Waals surface area contributed by atoms with E-state index in [4.69, 9.17) is 10.5 Å². The van der Waals surface area contributed by atoms with E-state index in [-0.39, 0.29) is 18.4 Å². The molecule has 2 heterocycles. The normalized spacial score (nSPS) is 17.7. The largest absolute Gasteiger partial charge is 0.451 e. The summed E-state index contributed by atoms with van der Waals surface area (Å²) in [5, 5.41) is 0.973. The predicted octanol–water partition coefficient (Wildman–Crippen LogP) is 1.78. The molecule has 24 heavy (non-hydrogen) atoms. The first kappa shape index (κ1) is 16.4. The number of carbonyl (C=O) groups excluding carboxylic acids is 3. The van der Waals surface area contributed by atoms with E-state index >= 15 is 0 Å². The van der Waals surface area contributed by atoms with Gasteiger partial charge in [-0.25, -0.2) is 4.79 Å². The van der Waals surface area contributed by atoms with Gasteiger partial charge in [-0.05, 0) is 30.4 Å². The number of hydrogen-bond donors (Lipinski definition) is 1. The van der Waals surface area contributed by atoms with Crippen molar-refractivity contribution in [2.45, 2.75) is 12.8 Å². The van der Waals surface area contributed by atoms with Crippen LogP contribution >= 0.6 is 11.3 Å². The minimum atomic E-state index is -0.506. The van der Waals surface area contributed by atoms with Crippen LogP contribution in [0, 0.1) is 5.92 Å². The van der Waals surface area contributed by atoms with Crippen LogP contribution in [0.3, 0.4) is 0 Å². The van der Waals surface area contributed by atoms with Gasteiger partial charge in [-0.2, -0.15) is 0 Å². The average Bonchev–Trinajstić information content (AvgIpc) is 3.03. The molecule has 2 aromatic rings. The second-order valence-electron chi connectivity index (χ2n) is 5.81. The number of likely N-dealkylation sites (tertiary alicyclic amines) is 1. The first-order chi connectivity index (χ1) is 11.5. The molecule has 0 saturated carbocycles. The third-order valence-corrected chi connectivity index (χ3v) is 5.23. The maximum absolute atomic E-state index is 12.2. The Kier molecular flexibility index (Phi) is 4.80. The van der Waals surface area contributed by atoms with Crippen molar-refractivity contribution in [1.82, 2.24) is 4.90 Å². The quantitative estimate of drug-likeness (QED) is 0.855. The Balaban J connectivity index is 1.57. The van der Waals surface area contributed by atoms with Crippen molar-refractivity contribution in [3.8, 4) is 0 Å². The van der Waals surface area contributed by atoms with Gasteiger partial charge in [0.2, 0.25) is 5.91 Å². The zero-order chi connectivity index (χ0) is 17.1. The average molecular weight is 346 g/mol. The van der Waals surface area contributed by atoms with E-state index in [1.165, 1.54) is 16.2 Å². The Morgan fingerprint density at radius 3 is 2.83 bits per heavy atom. The van der Waals surface area contributed by atoms with Gasteiger partial charge in [0.25, 0.3) is 5.91 Å². The summed E-state index contributed by atoms with van der Waals surface area (Å²) in [5.74, 6) is -1.51. The highest BCUT2D eigenvalue weighted by Crippen LogP contribution is 2.25. The number of nitrogens with zero attached hydrogens (tertiary/aromatic N) is 1. The number of carbonyl (C=O) groups is 3. The number of nitrogens with two attached hydrogens (primary N) is 1. The summed E-state index contributed by atoms with van der Waals surface area (Å²) in [6.45, 7) is 0.538. The number of primary amides is 1. The van der Waals surface area contributed by atoms with Gasteiger partial charge >= 0.3 is 5.97 Å². The fourth-order valence-electron chi connectivity index (χ4n) is 2.81. The van der Waals surface area contributed by atoms with Gasteiger partial charge in [0, 0.05) is 17.8 Å². The number of amides is 2. The summed E-state index contributed by atoms with van der Waals surface area (Å²) in [6, 6.07) is 9.42. The van der Waals surface area contributed by atoms with Gasteiger partial charge in [0.1, 0.15) is 4.88 Å². The molecule has 1 aromatic heterocycles. The molecule has 1 aliphatic heterocycles. The minimum Gasteiger partial charge on any atom is -0.451 e. The van der Waals surface area contributed by atoms with Crippen LogP contribution in [0.25, 0.3) is 10.1 Å². The van der Waals surface area contributed by atoms with E-state index < -0.39 is 11.9 Å². The van der Waals surface area contributed by atoms with E-state index in [9.17, 15) is 14.4 Å². The van der Waals surface area contributed by atoms with Gasteiger partial charge in [0.15, 0.2) is 6.61 Å². The molecular formula is C17H18N2O4S. The second-order valence-corrected chi connectivity index (χ2v) is 6.89. The molecule has 1 fully saturated rings. The second kappa shape index (κ2) is 7.00. The molecule has 2 amide bonds. The van der Waals surface area contributed by atoms with Crippen LogP contribution in [0.2, 0.25) is 0 Å². The van der Waals surface area contributed by atoms with E-state index in [0.29, 0.717) is 24.4 Å². The lowest BCUT2D eigenvalue weighted by atomic mass is 9.97. The summed E-state index contributed by atoms with van der Waals surface area (Å²) < 4.78 is 6.13. The summed E-state index contributed by atoms with van der Waals surface area (Å²) >= 11 is 1.34. The highest BCUT2D eigenvalue weighted by molar-refractivity contribution is 7.20. The molecule has 3 rings (SSSR count). The molecule has 0 unspecified atom stereocenters. The third-order valence-electron chi connectivity index (χ3n) is 4.13. The Bertz CT molecular complexity index is 753. The molecule has 126 valence electrons. The number of benzene rings is 1. The number of hydrogen-bond acceptors (Lipinski definition) is 5. The molecular weight excluding hydrogens is 328 g/mol. The topological polar surface area (TPSA) is 89.7 Å². The number of fused-ring (bicyclic) bond motifs is 1. The number of piperidine rings is 1. The van der Waals surface area contributed by atoms with E-state index in [2.05, 4.69) is 0 Å². The van der Waals surface area contributed by atoms with Gasteiger partial charge < -0.3 is 15.4 Å². The molecule has 0 radical (unpaired) electrons. The minimum absolute atomic E-state index is 0.296. The van der Waals surface area contributed by atoms with E-state index in [1.807, 2.05) is 24.3 Å². The fourth-order valence-corrected chi connectivity index (χ4v) is 3.76. The lowest BCUT2D eigenvalue weighted by molar-refractivity contribution is -0.137. The molecule has 0 bridgehead atoms. The molecule has 1 atom stereocenters. The van der Waals surface area contributed by atoms with E-state index in [1.54, 1.807) is 6.07 Å². The van der Waals surface area contributed by atoms with Crippen molar-refractivity contribution in [3.63, 3.8) is 0 Å². The lowest BCUT2D eigenvalue weighted by Gasteiger charge is -2.30. The van der Waals surface area contributed by atoms with Crippen LogP contribution in [-0.4, -0.2) is 42.4 Å². The zero-order valence-electron chi connectivity index (χ0n) is 13.1. The summed E-state index contributed by atoms with van der Waals surface area (Å²) in [6.07, 6.45) is 1.42. The van der Waals surface area contributed by atoms with Gasteiger partial charge in [0.05, 0.1) is 5.92 Å². The smallest absolute Gasteiger partial charge is 0.348 e. The van der Waals surface area contributed by atoms with Crippen LogP contribution in [0.4, 0.5) is 0 Å². The summed E-state index contributed by atoms with van der Waals surface area (Å²) in [5.41, 5.74) is 5.30. The standard InChI is InChI=1S/C17H18N2O4S/c18-16(21)12-5-3-7-19(9-12)15(20)10-23-17(22)14-8-11-4-1-2-6-13(11)24-14/h1-2,4,6,8,12H,3,5,7,9-10H2,(H2,18,21)/t12-/m0/s1. The highest BCUT2D eigenvalue weighted by atomic mass is 32.1. The zero-order valence-corrected chi connectivity index (χ0v) is 13.9. The number of ether oxygens (including phenoxy) is 1. The van der Waals surface area contributed by atoms with Crippen molar-refractivity contribution in [2.24, 2.45) is 11.7 Å². The summed E-state index contributed by atoms with van der Waals surface area (Å²) in [4.78, 5) is 37.6. The lowest BCUT2D eigenvalue weighted by Crippen LogP contribution is -2.45. The van der Waals surface area contributed by atoms with Crippen molar-refractivity contribution < 1.29 is 19.1 Å². The van der Waals surface area contributed by atoms with Crippen molar-refractivity contribution in [1.29, 1.82) is 0 Å². The van der Waals surface area contributed by atoms with Crippen LogP contribution in [0.5, 0.6) is 0 Å². The Morgan fingerprint density at radius 2 is 2.08 bits per heavy atom. The monoisotopic (exact) mass is 346 g/mol. The molecule has 6 nitrogen and oxygen atoms in total. The van der Waals surface area contributed by atoms with Gasteiger partial charge in [-0.15, -0.1) is 11.3 Å². The number of esters is 1. The van der Waals surface area contributed by atoms with Crippen LogP contribution in [0.15, 0.2) is 30.3 Å². The molecule has 1 aromatic carbocycles. The Labute approximate surface area is 143 Å². The fraction of sp³-hybridized carbons (Fsp3) is 0.353. The number of thiophene rings is 1. The van der Waals surface area contributed by atoms with Crippen molar-refractivity contribution in [3.05, 3.63) is 35.2 Å². The Hall–Kier alpha value is -2.41. The van der Waals surface area contributed by atoms with Gasteiger partial charge in [-0.1, -0.05) is 18.2 Å². The predicted molar refractivity (Wildman–Crippen MR) is 90.6 cm³/mol. The maximum atomic E-state index is 12.2. The molecule has 7 heteroatoms. The van der Waals surface area contributed by atoms with Crippen LogP contribution in [0.1, 0.15) is 22.5 Å². The molecule has 1 aliphatic rings. The first-order valence-electron chi connectivity index (χ1n) is 7.77. The summed E-state index contributed by atoms with van der Waals surface area (Å²) in [7, 11) is 0. The third kappa shape index (κ3) is 3.56. The van der Waals surface area contributed by atoms with Gasteiger partial charge in [-0.3, -0.25) is 9.59 Å². The van der Waals surface area contributed by atoms with E-state index in [0.717, 1.165) is 16.5 Å². The Morgan fingerprint density at radius 1 is 1.29 bits per heavy atom. The van der Waals surface area contributed by atoms with Crippen LogP contribution < -0.4 is 5.73 Å². The molecule has 0 aliphatic carbocycles. The maximum Gasteiger partial charge on any atom is 0.348 e. The number of rotatable bonds is 4. The van der Waals surface area contributed by atoms with Crippen molar-refractivity contribution in [2.75, 3.05) is 19.7 Å². The van der Waals surface area contributed by atoms with Crippen molar-refractivity contribution >= 4 is 39.2 Å².